The molecule has 0 aromatic rings. The number of ether oxygens (including phenoxy) is 2. The van der Waals surface area contributed by atoms with Gasteiger partial charge < -0.3 is 9.47 Å². The molecule has 0 aromatic carbocycles. The van der Waals surface area contributed by atoms with Crippen molar-refractivity contribution < 1.29 is 35.8 Å². The summed E-state index contributed by atoms with van der Waals surface area (Å²) in [6.07, 6.45) is -9.07. The van der Waals surface area contributed by atoms with Gasteiger partial charge in [-0.15, -0.1) is 0 Å². The van der Waals surface area contributed by atoms with Crippen molar-refractivity contribution in [3.63, 3.8) is 0 Å². The lowest BCUT2D eigenvalue weighted by atomic mass is 9.75. The Balaban J connectivity index is 2.72. The molecule has 0 spiro atoms. The zero-order valence-corrected chi connectivity index (χ0v) is 13.7. The highest BCUT2D eigenvalue weighted by atomic mass is 19.4. The van der Waals surface area contributed by atoms with Crippen molar-refractivity contribution in [2.45, 2.75) is 71.0 Å². The summed E-state index contributed by atoms with van der Waals surface area (Å²) < 4.78 is 85.8. The molecule has 8 heteroatoms. The first-order chi connectivity index (χ1) is 10.3. The Morgan fingerprint density at radius 2 is 1.52 bits per heavy atom. The van der Waals surface area contributed by atoms with Gasteiger partial charge >= 0.3 is 12.4 Å². The lowest BCUT2D eigenvalue weighted by molar-refractivity contribution is -0.389. The van der Waals surface area contributed by atoms with Crippen LogP contribution in [0.1, 0.15) is 47.0 Å². The molecule has 3 atom stereocenters. The molecule has 1 rings (SSSR count). The topological polar surface area (TPSA) is 18.5 Å². The van der Waals surface area contributed by atoms with E-state index in [0.717, 1.165) is 12.8 Å². The third-order valence-electron chi connectivity index (χ3n) is 4.67. The van der Waals surface area contributed by atoms with Gasteiger partial charge in [-0.2, -0.15) is 26.3 Å². The molecule has 0 aromatic heterocycles. The van der Waals surface area contributed by atoms with Crippen molar-refractivity contribution in [3.8, 4) is 0 Å². The molecule has 0 saturated heterocycles. The van der Waals surface area contributed by atoms with Crippen molar-refractivity contribution in [1.82, 2.24) is 0 Å². The van der Waals surface area contributed by atoms with Gasteiger partial charge in [0.05, 0.1) is 6.10 Å². The molecule has 2 nitrogen and oxygen atoms in total. The maximum Gasteiger partial charge on any atom is 0.426 e. The van der Waals surface area contributed by atoms with Crippen LogP contribution in [0.2, 0.25) is 0 Å². The van der Waals surface area contributed by atoms with Crippen molar-refractivity contribution in [2.75, 3.05) is 6.79 Å². The molecule has 23 heavy (non-hydrogen) atoms. The van der Waals surface area contributed by atoms with E-state index in [4.69, 9.17) is 4.74 Å². The highest BCUT2D eigenvalue weighted by Crippen LogP contribution is 2.45. The van der Waals surface area contributed by atoms with E-state index in [0.29, 0.717) is 12.3 Å². The summed E-state index contributed by atoms with van der Waals surface area (Å²) in [6, 6.07) is 0. The van der Waals surface area contributed by atoms with E-state index in [-0.39, 0.29) is 24.9 Å². The second kappa shape index (κ2) is 7.17. The largest absolute Gasteiger partial charge is 0.426 e. The summed E-state index contributed by atoms with van der Waals surface area (Å²) in [7, 11) is 0. The Labute approximate surface area is 132 Å². The van der Waals surface area contributed by atoms with E-state index >= 15 is 0 Å². The van der Waals surface area contributed by atoms with Crippen molar-refractivity contribution in [2.24, 2.45) is 17.8 Å². The van der Waals surface area contributed by atoms with Gasteiger partial charge in [-0.3, -0.25) is 0 Å². The van der Waals surface area contributed by atoms with Gasteiger partial charge in [-0.25, -0.2) is 0 Å². The fourth-order valence-corrected chi connectivity index (χ4v) is 2.87. The summed E-state index contributed by atoms with van der Waals surface area (Å²) in [5.41, 5.74) is -4.23. The molecule has 0 aliphatic heterocycles. The lowest BCUT2D eigenvalue weighted by Gasteiger charge is -2.38. The molecule has 0 bridgehead atoms. The van der Waals surface area contributed by atoms with Crippen LogP contribution in [-0.4, -0.2) is 30.9 Å². The van der Waals surface area contributed by atoms with Gasteiger partial charge in [0.25, 0.3) is 5.60 Å². The number of hydrogen-bond donors (Lipinski definition) is 0. The predicted molar refractivity (Wildman–Crippen MR) is 72.7 cm³/mol. The zero-order valence-electron chi connectivity index (χ0n) is 13.7. The highest BCUT2D eigenvalue weighted by Gasteiger charge is 2.69. The molecule has 0 N–H and O–H groups in total. The van der Waals surface area contributed by atoms with Crippen LogP contribution in [0, 0.1) is 17.8 Å². The molecule has 0 amide bonds. The van der Waals surface area contributed by atoms with E-state index in [9.17, 15) is 26.3 Å². The second-order valence-electron chi connectivity index (χ2n) is 6.82. The average Bonchev–Trinajstić information content (AvgIpc) is 2.35. The Morgan fingerprint density at radius 1 is 1.00 bits per heavy atom. The van der Waals surface area contributed by atoms with Crippen LogP contribution in [0.3, 0.4) is 0 Å². The van der Waals surface area contributed by atoms with Crippen LogP contribution < -0.4 is 0 Å². The minimum absolute atomic E-state index is 0.0141. The number of halogens is 6. The van der Waals surface area contributed by atoms with Gasteiger partial charge in [0.15, 0.2) is 0 Å². The maximum absolute atomic E-state index is 12.7. The van der Waals surface area contributed by atoms with Crippen LogP contribution in [-0.2, 0) is 9.47 Å². The molecule has 3 unspecified atom stereocenters. The molecule has 1 fully saturated rings. The normalized spacial score (nSPS) is 27.5. The second-order valence-corrected chi connectivity index (χ2v) is 6.82. The monoisotopic (exact) mass is 350 g/mol. The quantitative estimate of drug-likeness (QED) is 0.493. The van der Waals surface area contributed by atoms with Gasteiger partial charge in [-0.1, -0.05) is 27.2 Å². The van der Waals surface area contributed by atoms with Crippen molar-refractivity contribution >= 4 is 0 Å². The summed E-state index contributed by atoms with van der Waals surface area (Å²) in [6.45, 7) is 4.88. The first kappa shape index (κ1) is 20.5. The summed E-state index contributed by atoms with van der Waals surface area (Å²) in [5.74, 6) is 0.675. The third-order valence-corrected chi connectivity index (χ3v) is 4.67. The number of alkyl halides is 6. The average molecular weight is 350 g/mol. The van der Waals surface area contributed by atoms with Crippen molar-refractivity contribution in [3.05, 3.63) is 0 Å². The fourth-order valence-electron chi connectivity index (χ4n) is 2.87. The molecule has 1 aliphatic carbocycles. The van der Waals surface area contributed by atoms with E-state index in [1.165, 1.54) is 0 Å². The van der Waals surface area contributed by atoms with Crippen LogP contribution in [0.25, 0.3) is 0 Å². The molecule has 0 radical (unpaired) electrons. The summed E-state index contributed by atoms with van der Waals surface area (Å²) in [5, 5.41) is 0. The third kappa shape index (κ3) is 4.75. The number of hydrogen-bond acceptors (Lipinski definition) is 2. The summed E-state index contributed by atoms with van der Waals surface area (Å²) in [4.78, 5) is 0. The van der Waals surface area contributed by atoms with Crippen LogP contribution in [0.5, 0.6) is 0 Å². The van der Waals surface area contributed by atoms with E-state index in [1.54, 1.807) is 0 Å². The van der Waals surface area contributed by atoms with Crippen LogP contribution in [0.4, 0.5) is 26.3 Å². The maximum atomic E-state index is 12.7. The molecule has 1 aliphatic rings. The zero-order chi connectivity index (χ0) is 18.1. The molecule has 138 valence electrons. The Kier molecular flexibility index (Phi) is 6.40. The van der Waals surface area contributed by atoms with Gasteiger partial charge in [-0.05, 0) is 37.5 Å². The summed E-state index contributed by atoms with van der Waals surface area (Å²) >= 11 is 0. The SMILES string of the molecule is CC1CCC(C(C)C)C(OCOC(C)(C(F)(F)F)C(F)(F)F)C1. The molecule has 1 saturated carbocycles. The minimum Gasteiger partial charge on any atom is -0.352 e. The molecular weight excluding hydrogens is 326 g/mol. The fraction of sp³-hybridized carbons (Fsp3) is 1.00. The Bertz CT molecular complexity index is 363. The van der Waals surface area contributed by atoms with Gasteiger partial charge in [0.1, 0.15) is 6.79 Å². The van der Waals surface area contributed by atoms with E-state index < -0.39 is 24.7 Å². The Morgan fingerprint density at radius 3 is 1.96 bits per heavy atom. The van der Waals surface area contributed by atoms with Gasteiger partial charge in [0, 0.05) is 0 Å². The number of rotatable bonds is 5. The van der Waals surface area contributed by atoms with Crippen LogP contribution in [0.15, 0.2) is 0 Å². The standard InChI is InChI=1S/C15H24F6O2/c1-9(2)11-6-5-10(3)7-12(11)22-8-23-13(4,14(16,17)18)15(19,20)21/h9-12H,5-8H2,1-4H3. The van der Waals surface area contributed by atoms with Crippen molar-refractivity contribution in [1.29, 1.82) is 0 Å². The molecule has 0 heterocycles. The first-order valence-electron chi connectivity index (χ1n) is 7.68. The Hall–Kier alpha value is -0.500. The van der Waals surface area contributed by atoms with E-state index in [1.807, 2.05) is 20.8 Å². The highest BCUT2D eigenvalue weighted by molar-refractivity contribution is 4.91. The lowest BCUT2D eigenvalue weighted by Crippen LogP contribution is -2.56. The van der Waals surface area contributed by atoms with Crippen LogP contribution >= 0.6 is 0 Å². The smallest absolute Gasteiger partial charge is 0.352 e. The van der Waals surface area contributed by atoms with E-state index in [2.05, 4.69) is 4.74 Å². The minimum atomic E-state index is -5.56. The van der Waals surface area contributed by atoms with Gasteiger partial charge in [0.2, 0.25) is 0 Å². The predicted octanol–water partition coefficient (Wildman–Crippen LogP) is 5.32. The first-order valence-corrected chi connectivity index (χ1v) is 7.68. The molecular formula is C15H24F6O2.